The van der Waals surface area contributed by atoms with Crippen LogP contribution in [0.5, 0.6) is 0 Å². The molecule has 2 aromatic heterocycles. The Kier molecular flexibility index (Phi) is 5.66. The van der Waals surface area contributed by atoms with Crippen LogP contribution in [-0.4, -0.2) is 39.2 Å². The van der Waals surface area contributed by atoms with Gasteiger partial charge in [0, 0.05) is 6.54 Å². The first-order valence-electron chi connectivity index (χ1n) is 9.73. The number of piperidine rings is 1. The van der Waals surface area contributed by atoms with Gasteiger partial charge in [-0.25, -0.2) is 4.98 Å². The largest absolute Gasteiger partial charge is 0.365 e. The predicted molar refractivity (Wildman–Crippen MR) is 116 cm³/mol. The first kappa shape index (κ1) is 19.9. The number of anilines is 3. The van der Waals surface area contributed by atoms with Gasteiger partial charge in [-0.05, 0) is 56.5 Å². The summed E-state index contributed by atoms with van der Waals surface area (Å²) in [5, 5.41) is 24.1. The number of imidazole rings is 1. The lowest BCUT2D eigenvalue weighted by Crippen LogP contribution is -2.26. The maximum atomic E-state index is 9.52. The van der Waals surface area contributed by atoms with Gasteiger partial charge in [0.15, 0.2) is 5.82 Å². The Morgan fingerprint density at radius 2 is 2.20 bits per heavy atom. The molecule has 0 unspecified atom stereocenters. The summed E-state index contributed by atoms with van der Waals surface area (Å²) in [7, 11) is 0. The zero-order valence-electron chi connectivity index (χ0n) is 16.4. The highest BCUT2D eigenvalue weighted by atomic mass is 35.5. The zero-order chi connectivity index (χ0) is 21.1. The van der Waals surface area contributed by atoms with Gasteiger partial charge in [-0.3, -0.25) is 0 Å². The fraction of sp³-hybridized carbons (Fsp3) is 0.350. The third-order valence-corrected chi connectivity index (χ3v) is 5.48. The normalized spacial score (nSPS) is 14.3. The third-order valence-electron chi connectivity index (χ3n) is 5.06. The van der Waals surface area contributed by atoms with E-state index in [4.69, 9.17) is 18.2 Å². The van der Waals surface area contributed by atoms with E-state index in [0.29, 0.717) is 34.3 Å². The zero-order valence-corrected chi connectivity index (χ0v) is 17.2. The molecule has 1 aromatic carbocycles. The number of nitrogens with one attached hydrogen (secondary N) is 3. The Balaban J connectivity index is 1.77. The molecule has 9 nitrogen and oxygen atoms in total. The molecule has 3 N–H and O–H groups in total. The van der Waals surface area contributed by atoms with E-state index < -0.39 is 0 Å². The summed E-state index contributed by atoms with van der Waals surface area (Å²) in [4.78, 5) is 12.2. The molecule has 0 saturated carbocycles. The average molecular weight is 422 g/mol. The number of rotatable bonds is 5. The molecule has 3 aromatic rings. The van der Waals surface area contributed by atoms with Crippen molar-refractivity contribution >= 4 is 40.5 Å². The van der Waals surface area contributed by atoms with Crippen LogP contribution in [0.3, 0.4) is 0 Å². The summed E-state index contributed by atoms with van der Waals surface area (Å²) >= 11 is 6.75. The molecule has 0 bridgehead atoms. The summed E-state index contributed by atoms with van der Waals surface area (Å²) in [6.45, 7) is 11.8. The number of halogens is 1. The van der Waals surface area contributed by atoms with E-state index in [0.717, 1.165) is 31.5 Å². The molecule has 0 radical (unpaired) electrons. The van der Waals surface area contributed by atoms with Gasteiger partial charge in [0.25, 0.3) is 17.4 Å². The quantitative estimate of drug-likeness (QED) is 0.537. The minimum atomic E-state index is 0.259. The monoisotopic (exact) mass is 421 g/mol. The Hall–Kier alpha value is -3.40. The van der Waals surface area contributed by atoms with Crippen molar-refractivity contribution in [3.8, 4) is 6.07 Å². The first-order chi connectivity index (χ1) is 14.6. The van der Waals surface area contributed by atoms with Crippen LogP contribution in [0.15, 0.2) is 18.3 Å². The number of benzene rings is 1. The molecule has 1 saturated heterocycles. The van der Waals surface area contributed by atoms with Crippen LogP contribution in [0.2, 0.25) is 5.02 Å². The van der Waals surface area contributed by atoms with E-state index in [-0.39, 0.29) is 17.7 Å². The Bertz CT molecular complexity index is 1170. The fourth-order valence-corrected chi connectivity index (χ4v) is 3.95. The van der Waals surface area contributed by atoms with Crippen molar-refractivity contribution in [1.29, 1.82) is 5.26 Å². The molecule has 3 heterocycles. The number of nitrogens with zero attached hydrogens (tertiary/aromatic N) is 6. The van der Waals surface area contributed by atoms with Crippen molar-refractivity contribution in [3.05, 3.63) is 45.9 Å². The number of hydrogen-bond acceptors (Lipinski definition) is 7. The highest BCUT2D eigenvalue weighted by molar-refractivity contribution is 6.34. The number of aromatic nitrogens is 4. The van der Waals surface area contributed by atoms with Gasteiger partial charge in [0.1, 0.15) is 0 Å². The van der Waals surface area contributed by atoms with Crippen molar-refractivity contribution in [3.63, 3.8) is 0 Å². The Morgan fingerprint density at radius 1 is 1.40 bits per heavy atom. The van der Waals surface area contributed by atoms with Gasteiger partial charge < -0.3 is 20.8 Å². The molecule has 30 heavy (non-hydrogen) atoms. The van der Waals surface area contributed by atoms with Crippen LogP contribution < -0.4 is 16.0 Å². The third kappa shape index (κ3) is 3.73. The standard InChI is InChI=1S/C20H20ClN9/c1-3-25-18-19-26-11-16(23-2)30(19)29-20(28-18)27-15-9-12(10-22)8-14(17(15)21)13-4-6-24-7-5-13/h8-9,11,13,24H,3-7H2,1H3,(H2,25,27,28,29). The molecular weight excluding hydrogens is 402 g/mol. The van der Waals surface area contributed by atoms with E-state index in [2.05, 4.69) is 41.9 Å². The maximum absolute atomic E-state index is 9.52. The SMILES string of the molecule is [C-]#[N+]c1cnc2c(NCC)nc(Nc3cc(C#N)cc(C4CCNCC4)c3Cl)nn12. The first-order valence-corrected chi connectivity index (χ1v) is 10.1. The lowest BCUT2D eigenvalue weighted by Gasteiger charge is -2.25. The molecule has 0 atom stereocenters. The van der Waals surface area contributed by atoms with Crippen molar-refractivity contribution in [2.45, 2.75) is 25.7 Å². The highest BCUT2D eigenvalue weighted by Crippen LogP contribution is 2.37. The van der Waals surface area contributed by atoms with E-state index in [1.54, 1.807) is 6.07 Å². The maximum Gasteiger partial charge on any atom is 0.275 e. The molecule has 1 aliphatic heterocycles. The second-order valence-electron chi connectivity index (χ2n) is 6.97. The minimum Gasteiger partial charge on any atom is -0.365 e. The molecule has 0 amide bonds. The number of hydrogen-bond donors (Lipinski definition) is 3. The minimum absolute atomic E-state index is 0.259. The summed E-state index contributed by atoms with van der Waals surface area (Å²) in [5.41, 5.74) is 2.52. The van der Waals surface area contributed by atoms with Crippen molar-refractivity contribution < 1.29 is 0 Å². The topological polar surface area (TPSA) is 107 Å². The highest BCUT2D eigenvalue weighted by Gasteiger charge is 2.22. The van der Waals surface area contributed by atoms with Gasteiger partial charge in [-0.2, -0.15) is 10.2 Å². The molecular formula is C20H20ClN9. The average Bonchev–Trinajstić information content (AvgIpc) is 3.19. The fourth-order valence-electron chi connectivity index (χ4n) is 3.64. The van der Waals surface area contributed by atoms with Crippen LogP contribution in [0, 0.1) is 17.9 Å². The van der Waals surface area contributed by atoms with Gasteiger partial charge in [-0.15, -0.1) is 4.52 Å². The lowest BCUT2D eigenvalue weighted by molar-refractivity contribution is 0.460. The second-order valence-corrected chi connectivity index (χ2v) is 7.34. The van der Waals surface area contributed by atoms with Crippen molar-refractivity contribution in [1.82, 2.24) is 24.9 Å². The Labute approximate surface area is 178 Å². The van der Waals surface area contributed by atoms with Crippen molar-refractivity contribution in [2.24, 2.45) is 0 Å². The number of fused-ring (bicyclic) bond motifs is 1. The van der Waals surface area contributed by atoms with E-state index in [1.807, 2.05) is 13.0 Å². The second kappa shape index (κ2) is 8.54. The molecule has 0 aliphatic carbocycles. The van der Waals surface area contributed by atoms with E-state index in [9.17, 15) is 5.26 Å². The Morgan fingerprint density at radius 3 is 2.90 bits per heavy atom. The summed E-state index contributed by atoms with van der Waals surface area (Å²) in [5.74, 6) is 1.34. The summed E-state index contributed by atoms with van der Waals surface area (Å²) in [6, 6.07) is 5.77. The summed E-state index contributed by atoms with van der Waals surface area (Å²) in [6.07, 6.45) is 3.38. The lowest BCUT2D eigenvalue weighted by atomic mass is 9.89. The van der Waals surface area contributed by atoms with Crippen LogP contribution in [0.25, 0.3) is 10.5 Å². The molecule has 152 valence electrons. The van der Waals surface area contributed by atoms with Gasteiger partial charge in [-0.1, -0.05) is 23.3 Å². The summed E-state index contributed by atoms with van der Waals surface area (Å²) < 4.78 is 1.44. The smallest absolute Gasteiger partial charge is 0.275 e. The van der Waals surface area contributed by atoms with Crippen molar-refractivity contribution in [2.75, 3.05) is 30.3 Å². The van der Waals surface area contributed by atoms with Crippen LogP contribution in [0.1, 0.15) is 36.8 Å². The molecule has 1 aliphatic rings. The molecule has 0 spiro atoms. The number of nitriles is 1. The molecule has 10 heteroatoms. The van der Waals surface area contributed by atoms with Gasteiger partial charge >= 0.3 is 0 Å². The molecule has 1 fully saturated rings. The predicted octanol–water partition coefficient (Wildman–Crippen LogP) is 3.84. The van der Waals surface area contributed by atoms with E-state index in [1.165, 1.54) is 10.7 Å². The van der Waals surface area contributed by atoms with Gasteiger partial charge in [0.05, 0.1) is 28.5 Å². The van der Waals surface area contributed by atoms with Crippen LogP contribution in [0.4, 0.5) is 23.3 Å². The molecule has 4 rings (SSSR count). The van der Waals surface area contributed by atoms with E-state index >= 15 is 0 Å². The van der Waals surface area contributed by atoms with Crippen LogP contribution in [-0.2, 0) is 0 Å². The van der Waals surface area contributed by atoms with Gasteiger partial charge in [0.2, 0.25) is 0 Å². The van der Waals surface area contributed by atoms with Crippen LogP contribution >= 0.6 is 11.6 Å².